The Balaban J connectivity index is 1.05. The summed E-state index contributed by atoms with van der Waals surface area (Å²) in [5.41, 5.74) is 10.4. The van der Waals surface area contributed by atoms with Crippen LogP contribution in [0.4, 0.5) is 5.95 Å². The monoisotopic (exact) mass is 642 g/mol. The number of amides is 1. The van der Waals surface area contributed by atoms with Crippen LogP contribution in [0, 0.1) is 0 Å². The highest BCUT2D eigenvalue weighted by molar-refractivity contribution is 6.07. The van der Waals surface area contributed by atoms with Gasteiger partial charge in [0.25, 0.3) is 0 Å². The molecule has 0 saturated carbocycles. The van der Waals surface area contributed by atoms with Crippen molar-refractivity contribution in [2.45, 2.75) is 19.6 Å². The third kappa shape index (κ3) is 5.95. The van der Waals surface area contributed by atoms with Gasteiger partial charge < -0.3 is 35.4 Å². The van der Waals surface area contributed by atoms with E-state index in [9.17, 15) is 24.6 Å². The minimum Gasteiger partial charge on any atom is -0.508 e. The van der Waals surface area contributed by atoms with E-state index in [2.05, 4.69) is 25.3 Å². The minimum absolute atomic E-state index is 0.0240. The summed E-state index contributed by atoms with van der Waals surface area (Å²) in [6, 6.07) is 21.1. The van der Waals surface area contributed by atoms with Crippen molar-refractivity contribution in [2.24, 2.45) is 0 Å². The topological polar surface area (TPSA) is 207 Å². The van der Waals surface area contributed by atoms with Crippen LogP contribution in [0.25, 0.3) is 44.6 Å². The molecule has 13 heteroatoms. The number of nitrogens with one attached hydrogen (secondary N) is 2. The van der Waals surface area contributed by atoms with E-state index < -0.39 is 5.97 Å². The van der Waals surface area contributed by atoms with E-state index in [1.807, 2.05) is 24.3 Å². The maximum absolute atomic E-state index is 12.9. The maximum Gasteiger partial charge on any atom is 0.336 e. The molecule has 0 radical (unpaired) electrons. The fourth-order valence-electron chi connectivity index (χ4n) is 5.53. The number of aromatic amines is 1. The summed E-state index contributed by atoms with van der Waals surface area (Å²) in [4.78, 5) is 52.6. The Morgan fingerprint density at radius 3 is 2.50 bits per heavy atom. The number of carboxylic acids is 1. The van der Waals surface area contributed by atoms with Crippen molar-refractivity contribution in [2.75, 3.05) is 5.73 Å². The molecule has 0 unspecified atom stereocenters. The average molecular weight is 643 g/mol. The summed E-state index contributed by atoms with van der Waals surface area (Å²) in [7, 11) is 0. The second kappa shape index (κ2) is 12.2. The summed E-state index contributed by atoms with van der Waals surface area (Å²) < 4.78 is 11.7. The first kappa shape index (κ1) is 29.9. The molecule has 1 aliphatic heterocycles. The van der Waals surface area contributed by atoms with E-state index in [1.165, 1.54) is 36.7 Å². The van der Waals surface area contributed by atoms with Crippen molar-refractivity contribution in [1.29, 1.82) is 0 Å². The molecule has 3 aromatic carbocycles. The first-order chi connectivity index (χ1) is 23.2. The van der Waals surface area contributed by atoms with E-state index in [4.69, 9.17) is 14.9 Å². The molecule has 1 amide bonds. The van der Waals surface area contributed by atoms with E-state index in [0.717, 1.165) is 11.1 Å². The Bertz CT molecular complexity index is 2380. The molecule has 238 valence electrons. The van der Waals surface area contributed by atoms with Crippen LogP contribution < -0.4 is 21.2 Å². The van der Waals surface area contributed by atoms with Gasteiger partial charge in [0, 0.05) is 35.2 Å². The number of ether oxygens (including phenoxy) is 1. The predicted octanol–water partition coefficient (Wildman–Crippen LogP) is 4.66. The molecule has 7 rings (SSSR count). The van der Waals surface area contributed by atoms with Crippen LogP contribution in [0.1, 0.15) is 27.0 Å². The lowest BCUT2D eigenvalue weighted by Gasteiger charge is -2.17. The fourth-order valence-corrected chi connectivity index (χ4v) is 5.53. The molecular formula is C35H26N6O7. The minimum atomic E-state index is -1.19. The lowest BCUT2D eigenvalue weighted by Crippen LogP contribution is -2.24. The molecular weight excluding hydrogens is 616 g/mol. The molecule has 13 nitrogen and oxygen atoms in total. The van der Waals surface area contributed by atoms with Crippen LogP contribution in [0.15, 0.2) is 94.4 Å². The highest BCUT2D eigenvalue weighted by atomic mass is 16.5. The molecule has 0 fully saturated rings. The Morgan fingerprint density at radius 2 is 1.69 bits per heavy atom. The number of phenols is 1. The highest BCUT2D eigenvalue weighted by Crippen LogP contribution is 2.42. The smallest absolute Gasteiger partial charge is 0.336 e. The molecule has 0 spiro atoms. The normalized spacial score (nSPS) is 11.2. The van der Waals surface area contributed by atoms with Gasteiger partial charge in [0.2, 0.25) is 17.7 Å². The number of hydrogen-bond acceptors (Lipinski definition) is 10. The number of carbonyl (C=O) groups is 2. The van der Waals surface area contributed by atoms with E-state index in [0.29, 0.717) is 44.7 Å². The molecule has 5 aromatic rings. The van der Waals surface area contributed by atoms with Gasteiger partial charge in [-0.25, -0.2) is 9.78 Å². The Kier molecular flexibility index (Phi) is 7.61. The number of aromatic carboxylic acids is 1. The van der Waals surface area contributed by atoms with Crippen LogP contribution in [0.5, 0.6) is 11.6 Å². The third-order valence-electron chi connectivity index (χ3n) is 7.78. The van der Waals surface area contributed by atoms with Gasteiger partial charge in [0.15, 0.2) is 11.1 Å². The summed E-state index contributed by atoms with van der Waals surface area (Å²) in [6.45, 7) is 0.492. The van der Waals surface area contributed by atoms with Crippen LogP contribution in [-0.4, -0.2) is 42.0 Å². The predicted molar refractivity (Wildman–Crippen MR) is 176 cm³/mol. The molecule has 0 saturated heterocycles. The second-order valence-corrected chi connectivity index (χ2v) is 11.0. The Labute approximate surface area is 271 Å². The molecule has 0 bridgehead atoms. The number of hydrogen-bond donors (Lipinski definition) is 5. The number of carbonyl (C=O) groups excluding carboxylic acids is 1. The third-order valence-corrected chi connectivity index (χ3v) is 7.78. The quantitative estimate of drug-likeness (QED) is 0.137. The van der Waals surface area contributed by atoms with Gasteiger partial charge in [-0.05, 0) is 52.6 Å². The number of carboxylic acid groups (broad SMARTS) is 1. The van der Waals surface area contributed by atoms with Crippen LogP contribution >= 0.6 is 0 Å². The van der Waals surface area contributed by atoms with Gasteiger partial charge in [0.05, 0.1) is 18.3 Å². The molecule has 48 heavy (non-hydrogen) atoms. The van der Waals surface area contributed by atoms with E-state index in [1.54, 1.807) is 24.3 Å². The van der Waals surface area contributed by atoms with E-state index >= 15 is 0 Å². The number of imidazole rings is 1. The van der Waals surface area contributed by atoms with Crippen molar-refractivity contribution in [3.8, 4) is 34.1 Å². The number of nitrogens with zero attached hydrogens (tertiary/aromatic N) is 3. The molecule has 6 N–H and O–H groups in total. The molecule has 1 aliphatic carbocycles. The van der Waals surface area contributed by atoms with Gasteiger partial charge >= 0.3 is 5.97 Å². The number of H-pyrrole nitrogens is 1. The first-order valence-electron chi connectivity index (χ1n) is 14.7. The van der Waals surface area contributed by atoms with Gasteiger partial charge in [-0.15, -0.1) is 0 Å². The van der Waals surface area contributed by atoms with Crippen molar-refractivity contribution in [3.63, 3.8) is 0 Å². The van der Waals surface area contributed by atoms with Crippen molar-refractivity contribution >= 4 is 40.0 Å². The maximum atomic E-state index is 12.9. The first-order valence-corrected chi connectivity index (χ1v) is 14.7. The van der Waals surface area contributed by atoms with Gasteiger partial charge in [-0.2, -0.15) is 9.97 Å². The molecule has 0 atom stereocenters. The molecule has 2 aromatic heterocycles. The van der Waals surface area contributed by atoms with Gasteiger partial charge in [0.1, 0.15) is 29.2 Å². The zero-order valence-corrected chi connectivity index (χ0v) is 25.1. The zero-order valence-electron chi connectivity index (χ0n) is 25.1. The summed E-state index contributed by atoms with van der Waals surface area (Å²) in [5, 5.41) is 23.7. The molecule has 2 aliphatic rings. The van der Waals surface area contributed by atoms with Crippen molar-refractivity contribution < 1.29 is 29.0 Å². The largest absolute Gasteiger partial charge is 0.508 e. The van der Waals surface area contributed by atoms with E-state index in [-0.39, 0.29) is 59.5 Å². The number of nitrogens with two attached hydrogens (primary N) is 1. The van der Waals surface area contributed by atoms with Gasteiger partial charge in [-0.3, -0.25) is 9.59 Å². The lowest BCUT2D eigenvalue weighted by atomic mass is 9.89. The zero-order chi connectivity index (χ0) is 33.4. The number of phenolic OH excluding ortho intramolecular Hbond substituents is 1. The SMILES string of the molecule is Nc1nc(OCc2ccc(CNC(=O)Cc3ccc(-c4c5ccc(=O)cc-5oc5cc(O)ccc45)c(C(=O)O)c3)cc2)c2[nH]cnc2n1. The number of aromatic nitrogens is 4. The number of anilines is 1. The van der Waals surface area contributed by atoms with Crippen molar-refractivity contribution in [3.05, 3.63) is 118 Å². The van der Waals surface area contributed by atoms with Crippen molar-refractivity contribution in [1.82, 2.24) is 25.3 Å². The average Bonchev–Trinajstić information content (AvgIpc) is 3.54. The standard InChI is InChI=1S/C35H26N6O7/c36-35-40-32-31(38-17-39-32)33(41-35)47-16-19-3-1-18(2-4-19)15-37-29(44)12-20-5-8-23(26(11-20)34(45)46)30-24-9-6-21(42)13-27(24)48-28-14-22(43)7-10-25(28)30/h1-11,13-14,17,42H,12,15-16H2,(H,37,44)(H,45,46)(H3,36,38,39,40,41). The number of benzene rings is 4. The summed E-state index contributed by atoms with van der Waals surface area (Å²) in [6.07, 6.45) is 1.44. The highest BCUT2D eigenvalue weighted by Gasteiger charge is 2.22. The number of aromatic hydroxyl groups is 1. The number of rotatable bonds is 9. The van der Waals surface area contributed by atoms with Crippen LogP contribution in [-0.2, 0) is 24.4 Å². The second-order valence-electron chi connectivity index (χ2n) is 11.0. The summed E-state index contributed by atoms with van der Waals surface area (Å²) >= 11 is 0. The number of nitrogen functional groups attached to an aromatic ring is 1. The Hall–Kier alpha value is -6.76. The Morgan fingerprint density at radius 1 is 0.917 bits per heavy atom. The fraction of sp³-hybridized carbons (Fsp3) is 0.0857. The molecule has 3 heterocycles. The summed E-state index contributed by atoms with van der Waals surface area (Å²) in [5.74, 6) is -0.908. The van der Waals surface area contributed by atoms with Gasteiger partial charge in [-0.1, -0.05) is 36.4 Å². The van der Waals surface area contributed by atoms with Crippen LogP contribution in [0.3, 0.4) is 0 Å². The number of fused-ring (bicyclic) bond motifs is 3. The van der Waals surface area contributed by atoms with Crippen LogP contribution in [0.2, 0.25) is 0 Å². The lowest BCUT2D eigenvalue weighted by molar-refractivity contribution is -0.120.